The lowest BCUT2D eigenvalue weighted by Gasteiger charge is -2.40. The number of nitrogens with zero attached hydrogens (tertiary/aromatic N) is 2. The van der Waals surface area contributed by atoms with Gasteiger partial charge < -0.3 is 0 Å². The zero-order valence-corrected chi connectivity index (χ0v) is 17.3. The molecular formula is C24H20F2N2OS. The molecule has 6 heteroatoms. The van der Waals surface area contributed by atoms with Crippen LogP contribution in [0.25, 0.3) is 6.08 Å². The molecule has 0 aromatic heterocycles. The molecule has 1 saturated heterocycles. The number of allylic oxidation sites excluding steroid dienone is 1. The number of amides is 1. The van der Waals surface area contributed by atoms with E-state index in [1.165, 1.54) is 36.0 Å². The highest BCUT2D eigenvalue weighted by Gasteiger charge is 2.44. The molecule has 2 aromatic rings. The van der Waals surface area contributed by atoms with Crippen LogP contribution in [-0.4, -0.2) is 21.7 Å². The van der Waals surface area contributed by atoms with Gasteiger partial charge in [-0.3, -0.25) is 9.69 Å². The summed E-state index contributed by atoms with van der Waals surface area (Å²) in [7, 11) is 0. The van der Waals surface area contributed by atoms with E-state index in [1.54, 1.807) is 29.2 Å². The molecule has 0 N–H and O–H groups in total. The molecule has 152 valence electrons. The molecule has 2 atom stereocenters. The smallest absolute Gasteiger partial charge is 0.239 e. The number of thioether (sulfide) groups is 1. The standard InChI is InChI=1S/C24H20F2N2OS/c1-14-2-5-17(12-15-3-8-18(25)9-4-15)22-21(14)23(16-6-10-19(26)11-7-16)28-20(29)13-30-24(28)27-22/h3-4,6-12,14,23H,2,5,13H2,1H3/b17-12+. The van der Waals surface area contributed by atoms with Crippen LogP contribution in [0.1, 0.15) is 36.9 Å². The minimum Gasteiger partial charge on any atom is -0.279 e. The fourth-order valence-electron chi connectivity index (χ4n) is 4.42. The van der Waals surface area contributed by atoms with Crippen molar-refractivity contribution in [2.75, 3.05) is 5.75 Å². The average Bonchev–Trinajstić information content (AvgIpc) is 3.12. The van der Waals surface area contributed by atoms with Gasteiger partial charge in [0, 0.05) is 0 Å². The molecule has 0 bridgehead atoms. The van der Waals surface area contributed by atoms with Crippen LogP contribution in [0.5, 0.6) is 0 Å². The molecule has 2 heterocycles. The summed E-state index contributed by atoms with van der Waals surface area (Å²) in [5.74, 6) is 0.0710. The van der Waals surface area contributed by atoms with Gasteiger partial charge in [-0.25, -0.2) is 13.8 Å². The van der Waals surface area contributed by atoms with Crippen LogP contribution < -0.4 is 0 Å². The highest BCUT2D eigenvalue weighted by molar-refractivity contribution is 8.15. The first kappa shape index (κ1) is 19.2. The van der Waals surface area contributed by atoms with Crippen LogP contribution in [0.2, 0.25) is 0 Å². The van der Waals surface area contributed by atoms with Crippen LogP contribution in [-0.2, 0) is 4.79 Å². The van der Waals surface area contributed by atoms with Gasteiger partial charge in [0.1, 0.15) is 11.6 Å². The van der Waals surface area contributed by atoms with E-state index in [0.29, 0.717) is 10.9 Å². The molecular weight excluding hydrogens is 402 g/mol. The van der Waals surface area contributed by atoms with E-state index in [4.69, 9.17) is 4.99 Å². The number of carbonyl (C=O) groups excluding carboxylic acids is 1. The Hall–Kier alpha value is -2.73. The maximum atomic E-state index is 13.6. The Labute approximate surface area is 178 Å². The number of carbonyl (C=O) groups is 1. The maximum absolute atomic E-state index is 13.6. The van der Waals surface area contributed by atoms with Gasteiger partial charge in [-0.05, 0) is 71.4 Å². The van der Waals surface area contributed by atoms with Crippen molar-refractivity contribution in [3.05, 3.63) is 88.1 Å². The van der Waals surface area contributed by atoms with E-state index >= 15 is 0 Å². The van der Waals surface area contributed by atoms with E-state index in [2.05, 4.69) is 13.0 Å². The number of fused-ring (bicyclic) bond motifs is 1. The highest BCUT2D eigenvalue weighted by atomic mass is 32.2. The Balaban J connectivity index is 1.67. The molecule has 5 rings (SSSR count). The Morgan fingerprint density at radius 2 is 1.73 bits per heavy atom. The van der Waals surface area contributed by atoms with E-state index < -0.39 is 0 Å². The maximum Gasteiger partial charge on any atom is 0.239 e. The monoisotopic (exact) mass is 422 g/mol. The Morgan fingerprint density at radius 1 is 1.07 bits per heavy atom. The summed E-state index contributed by atoms with van der Waals surface area (Å²) in [6, 6.07) is 12.5. The molecule has 1 amide bonds. The molecule has 3 aliphatic rings. The third kappa shape index (κ3) is 3.29. The van der Waals surface area contributed by atoms with Crippen molar-refractivity contribution >= 4 is 28.9 Å². The summed E-state index contributed by atoms with van der Waals surface area (Å²) in [5.41, 5.74) is 4.92. The van der Waals surface area contributed by atoms with Crippen molar-refractivity contribution in [3.63, 3.8) is 0 Å². The number of hydrogen-bond donors (Lipinski definition) is 0. The topological polar surface area (TPSA) is 32.7 Å². The van der Waals surface area contributed by atoms with Crippen molar-refractivity contribution in [2.24, 2.45) is 10.9 Å². The second-order valence-corrected chi connectivity index (χ2v) is 8.81. The van der Waals surface area contributed by atoms with Crippen LogP contribution in [0.15, 0.2) is 70.4 Å². The van der Waals surface area contributed by atoms with Gasteiger partial charge in [-0.15, -0.1) is 0 Å². The van der Waals surface area contributed by atoms with Gasteiger partial charge in [0.2, 0.25) is 5.91 Å². The summed E-state index contributed by atoms with van der Waals surface area (Å²) in [6.07, 6.45) is 3.86. The van der Waals surface area contributed by atoms with E-state index in [-0.39, 0.29) is 29.5 Å². The number of amidine groups is 1. The number of aliphatic imine (C=N–C) groups is 1. The minimum absolute atomic E-state index is 0.0291. The lowest BCUT2D eigenvalue weighted by atomic mass is 9.77. The highest BCUT2D eigenvalue weighted by Crippen LogP contribution is 2.49. The van der Waals surface area contributed by atoms with E-state index in [9.17, 15) is 13.6 Å². The largest absolute Gasteiger partial charge is 0.279 e. The number of benzene rings is 2. The Kier molecular flexibility index (Phi) is 4.82. The molecule has 1 fully saturated rings. The van der Waals surface area contributed by atoms with Crippen molar-refractivity contribution < 1.29 is 13.6 Å². The summed E-state index contributed by atoms with van der Waals surface area (Å²) >= 11 is 1.44. The predicted molar refractivity (Wildman–Crippen MR) is 116 cm³/mol. The molecule has 2 unspecified atom stereocenters. The summed E-state index contributed by atoms with van der Waals surface area (Å²) in [5, 5.41) is 0.701. The number of hydrogen-bond acceptors (Lipinski definition) is 3. The second-order valence-electron chi connectivity index (χ2n) is 7.87. The predicted octanol–water partition coefficient (Wildman–Crippen LogP) is 5.72. The normalized spacial score (nSPS) is 24.8. The van der Waals surface area contributed by atoms with Crippen LogP contribution >= 0.6 is 11.8 Å². The first-order valence-electron chi connectivity index (χ1n) is 10.0. The molecule has 0 spiro atoms. The molecule has 0 saturated carbocycles. The first-order valence-corrected chi connectivity index (χ1v) is 11.0. The summed E-state index contributed by atoms with van der Waals surface area (Å²) in [6.45, 7) is 2.16. The average molecular weight is 423 g/mol. The lowest BCUT2D eigenvalue weighted by Crippen LogP contribution is -2.40. The summed E-state index contributed by atoms with van der Waals surface area (Å²) in [4.78, 5) is 19.4. The zero-order chi connectivity index (χ0) is 20.8. The summed E-state index contributed by atoms with van der Waals surface area (Å²) < 4.78 is 26.9. The molecule has 0 radical (unpaired) electrons. The minimum atomic E-state index is -0.298. The van der Waals surface area contributed by atoms with Gasteiger partial charge in [-0.2, -0.15) is 0 Å². The molecule has 2 aliphatic heterocycles. The first-order chi connectivity index (χ1) is 14.5. The van der Waals surface area contributed by atoms with Crippen molar-refractivity contribution in [2.45, 2.75) is 25.8 Å². The van der Waals surface area contributed by atoms with Gasteiger partial charge in [0.05, 0.1) is 17.5 Å². The molecule has 3 nitrogen and oxygen atoms in total. The van der Waals surface area contributed by atoms with Crippen molar-refractivity contribution in [1.29, 1.82) is 0 Å². The van der Waals surface area contributed by atoms with Gasteiger partial charge in [0.15, 0.2) is 5.17 Å². The van der Waals surface area contributed by atoms with Crippen LogP contribution in [0, 0.1) is 17.6 Å². The third-order valence-corrected chi connectivity index (χ3v) is 6.85. The Bertz CT molecular complexity index is 1100. The lowest BCUT2D eigenvalue weighted by molar-refractivity contribution is -0.125. The van der Waals surface area contributed by atoms with Gasteiger partial charge in [0.25, 0.3) is 0 Å². The molecule has 2 aromatic carbocycles. The van der Waals surface area contributed by atoms with Gasteiger partial charge >= 0.3 is 0 Å². The Morgan fingerprint density at radius 3 is 2.43 bits per heavy atom. The van der Waals surface area contributed by atoms with Gasteiger partial charge in [-0.1, -0.05) is 43.0 Å². The zero-order valence-electron chi connectivity index (χ0n) is 16.4. The van der Waals surface area contributed by atoms with E-state index in [1.807, 2.05) is 0 Å². The van der Waals surface area contributed by atoms with Crippen LogP contribution in [0.4, 0.5) is 8.78 Å². The third-order valence-electron chi connectivity index (χ3n) is 5.91. The second kappa shape index (κ2) is 7.51. The fraction of sp³-hybridized carbons (Fsp3) is 0.250. The number of halogens is 2. The van der Waals surface area contributed by atoms with Crippen molar-refractivity contribution in [1.82, 2.24) is 4.90 Å². The van der Waals surface area contributed by atoms with Crippen LogP contribution in [0.3, 0.4) is 0 Å². The van der Waals surface area contributed by atoms with Crippen molar-refractivity contribution in [3.8, 4) is 0 Å². The quantitative estimate of drug-likeness (QED) is 0.620. The number of rotatable bonds is 2. The van der Waals surface area contributed by atoms with E-state index in [0.717, 1.165) is 40.8 Å². The molecule has 30 heavy (non-hydrogen) atoms. The molecule has 1 aliphatic carbocycles. The SMILES string of the molecule is CC1CC/C(=C\c2ccc(F)cc2)C2=C1C(c1ccc(F)cc1)N1C(=O)CSC1=N2. The fourth-order valence-corrected chi connectivity index (χ4v) is 5.32.